The van der Waals surface area contributed by atoms with Crippen LogP contribution in [0.2, 0.25) is 0 Å². The lowest BCUT2D eigenvalue weighted by Gasteiger charge is -2.27. The highest BCUT2D eigenvalue weighted by atomic mass is 32.1. The third-order valence-electron chi connectivity index (χ3n) is 3.47. The molecule has 0 atom stereocenters. The third kappa shape index (κ3) is 2.59. The van der Waals surface area contributed by atoms with E-state index >= 15 is 0 Å². The summed E-state index contributed by atoms with van der Waals surface area (Å²) in [6.45, 7) is 3.57. The lowest BCUT2D eigenvalue weighted by molar-refractivity contribution is -0.132. The van der Waals surface area contributed by atoms with Crippen LogP contribution in [0.4, 0.5) is 0 Å². The molecule has 1 saturated heterocycles. The second-order valence-electron chi connectivity index (χ2n) is 4.76. The van der Waals surface area contributed by atoms with Crippen LogP contribution in [-0.4, -0.2) is 46.5 Å². The summed E-state index contributed by atoms with van der Waals surface area (Å²) in [7, 11) is 0. The number of nitrogens with one attached hydrogen (secondary N) is 1. The number of amides is 1. The van der Waals surface area contributed by atoms with Crippen LogP contribution in [0.3, 0.4) is 0 Å². The molecule has 6 nitrogen and oxygen atoms in total. The van der Waals surface area contributed by atoms with E-state index in [9.17, 15) is 9.59 Å². The Morgan fingerprint density at radius 1 is 1.40 bits per heavy atom. The normalized spacial score (nSPS) is 15.7. The van der Waals surface area contributed by atoms with Crippen molar-refractivity contribution in [3.63, 3.8) is 0 Å². The number of aromatic nitrogens is 2. The minimum Gasteiger partial charge on any atom is -0.340 e. The van der Waals surface area contributed by atoms with Crippen molar-refractivity contribution in [2.75, 3.05) is 26.2 Å². The lowest BCUT2D eigenvalue weighted by atomic mass is 10.3. The van der Waals surface area contributed by atoms with Gasteiger partial charge in [-0.3, -0.25) is 14.2 Å². The van der Waals surface area contributed by atoms with Crippen molar-refractivity contribution in [2.45, 2.75) is 13.0 Å². The summed E-state index contributed by atoms with van der Waals surface area (Å²) in [6, 6.07) is 1.83. The number of aryl methyl sites for hydroxylation is 1. The maximum Gasteiger partial charge on any atom is 0.271 e. The van der Waals surface area contributed by atoms with Crippen LogP contribution >= 0.6 is 11.3 Å². The first-order chi connectivity index (χ1) is 9.75. The summed E-state index contributed by atoms with van der Waals surface area (Å²) in [5, 5.41) is 5.07. The number of nitrogens with zero attached hydrogens (tertiary/aromatic N) is 3. The molecule has 3 rings (SSSR count). The van der Waals surface area contributed by atoms with Gasteiger partial charge < -0.3 is 10.2 Å². The van der Waals surface area contributed by atoms with Gasteiger partial charge in [0.1, 0.15) is 4.70 Å². The van der Waals surface area contributed by atoms with Crippen molar-refractivity contribution in [2.24, 2.45) is 0 Å². The average Bonchev–Trinajstić information content (AvgIpc) is 2.96. The number of carbonyl (C=O) groups excluding carboxylic acids is 1. The van der Waals surface area contributed by atoms with E-state index < -0.39 is 0 Å². The molecule has 2 aromatic heterocycles. The van der Waals surface area contributed by atoms with Gasteiger partial charge in [0.05, 0.1) is 11.8 Å². The fourth-order valence-electron chi connectivity index (χ4n) is 2.33. The van der Waals surface area contributed by atoms with Gasteiger partial charge in [-0.05, 0) is 11.4 Å². The number of hydrogen-bond donors (Lipinski definition) is 1. The fourth-order valence-corrected chi connectivity index (χ4v) is 3.12. The summed E-state index contributed by atoms with van der Waals surface area (Å²) in [5.74, 6) is 0.102. The Labute approximate surface area is 120 Å². The van der Waals surface area contributed by atoms with Crippen molar-refractivity contribution in [1.82, 2.24) is 19.8 Å². The van der Waals surface area contributed by atoms with Crippen molar-refractivity contribution < 1.29 is 4.79 Å². The van der Waals surface area contributed by atoms with Gasteiger partial charge in [0.15, 0.2) is 0 Å². The zero-order valence-electron chi connectivity index (χ0n) is 11.0. The summed E-state index contributed by atoms with van der Waals surface area (Å²) >= 11 is 1.39. The Balaban J connectivity index is 1.68. The Kier molecular flexibility index (Phi) is 3.79. The first kappa shape index (κ1) is 13.3. The molecule has 0 radical (unpaired) electrons. The highest BCUT2D eigenvalue weighted by molar-refractivity contribution is 7.17. The molecule has 0 unspecified atom stereocenters. The molecule has 1 amide bonds. The Bertz CT molecular complexity index is 672. The predicted octanol–water partition coefficient (Wildman–Crippen LogP) is 0.280. The summed E-state index contributed by atoms with van der Waals surface area (Å²) < 4.78 is 2.18. The van der Waals surface area contributed by atoms with Crippen LogP contribution in [0.1, 0.15) is 6.42 Å². The Morgan fingerprint density at radius 3 is 3.00 bits per heavy atom. The quantitative estimate of drug-likeness (QED) is 0.882. The van der Waals surface area contributed by atoms with Crippen molar-refractivity contribution >= 4 is 27.5 Å². The summed E-state index contributed by atoms with van der Waals surface area (Å²) in [6.07, 6.45) is 1.88. The van der Waals surface area contributed by atoms with Gasteiger partial charge in [0.25, 0.3) is 5.56 Å². The van der Waals surface area contributed by atoms with Crippen molar-refractivity contribution in [3.05, 3.63) is 28.1 Å². The van der Waals surface area contributed by atoms with Gasteiger partial charge >= 0.3 is 0 Å². The van der Waals surface area contributed by atoms with E-state index in [1.54, 1.807) is 0 Å². The monoisotopic (exact) mass is 292 g/mol. The molecule has 1 aliphatic rings. The van der Waals surface area contributed by atoms with Crippen LogP contribution in [0.25, 0.3) is 10.2 Å². The first-order valence-electron chi connectivity index (χ1n) is 6.67. The molecule has 2 aromatic rings. The molecular weight excluding hydrogens is 276 g/mol. The standard InChI is InChI=1S/C13H16N4O2S/c18-11(16-6-3-14-4-7-16)1-5-17-9-15-10-2-8-20-12(10)13(17)19/h2,8-9,14H,1,3-7H2. The topological polar surface area (TPSA) is 67.2 Å². The number of rotatable bonds is 3. The van der Waals surface area contributed by atoms with E-state index in [0.29, 0.717) is 17.7 Å². The molecule has 0 aromatic carbocycles. The maximum absolute atomic E-state index is 12.2. The van der Waals surface area contributed by atoms with Gasteiger partial charge in [-0.25, -0.2) is 4.98 Å². The molecule has 20 heavy (non-hydrogen) atoms. The number of hydrogen-bond acceptors (Lipinski definition) is 5. The number of piperazine rings is 1. The Hall–Kier alpha value is -1.73. The third-order valence-corrected chi connectivity index (χ3v) is 4.36. The molecule has 1 fully saturated rings. The van der Waals surface area contributed by atoms with Gasteiger partial charge in [-0.15, -0.1) is 11.3 Å². The van der Waals surface area contributed by atoms with Crippen LogP contribution < -0.4 is 10.9 Å². The minimum atomic E-state index is -0.0573. The van der Waals surface area contributed by atoms with Crippen LogP contribution in [0.5, 0.6) is 0 Å². The van der Waals surface area contributed by atoms with E-state index in [0.717, 1.165) is 31.7 Å². The second-order valence-corrected chi connectivity index (χ2v) is 5.67. The smallest absolute Gasteiger partial charge is 0.271 e. The molecule has 3 heterocycles. The van der Waals surface area contributed by atoms with Crippen molar-refractivity contribution in [1.29, 1.82) is 0 Å². The van der Waals surface area contributed by atoms with Gasteiger partial charge in [-0.1, -0.05) is 0 Å². The maximum atomic E-state index is 12.2. The van der Waals surface area contributed by atoms with E-state index in [1.807, 2.05) is 16.3 Å². The Morgan fingerprint density at radius 2 is 2.20 bits per heavy atom. The minimum absolute atomic E-state index is 0.0573. The van der Waals surface area contributed by atoms with Gasteiger partial charge in [0, 0.05) is 39.1 Å². The molecule has 1 N–H and O–H groups in total. The average molecular weight is 292 g/mol. The lowest BCUT2D eigenvalue weighted by Crippen LogP contribution is -2.46. The second kappa shape index (κ2) is 5.72. The summed E-state index contributed by atoms with van der Waals surface area (Å²) in [4.78, 5) is 30.3. The molecule has 106 valence electrons. The molecule has 1 aliphatic heterocycles. The summed E-state index contributed by atoms with van der Waals surface area (Å²) in [5.41, 5.74) is 0.669. The number of thiophene rings is 1. The predicted molar refractivity (Wildman–Crippen MR) is 77.9 cm³/mol. The zero-order valence-corrected chi connectivity index (χ0v) is 11.9. The molecule has 0 spiro atoms. The molecule has 0 saturated carbocycles. The van der Waals surface area contributed by atoms with E-state index in [4.69, 9.17) is 0 Å². The number of fused-ring (bicyclic) bond motifs is 1. The van der Waals surface area contributed by atoms with Gasteiger partial charge in [-0.2, -0.15) is 0 Å². The molecule has 0 aliphatic carbocycles. The molecule has 7 heteroatoms. The van der Waals surface area contributed by atoms with Crippen molar-refractivity contribution in [3.8, 4) is 0 Å². The molecular formula is C13H16N4O2S. The molecule has 0 bridgehead atoms. The fraction of sp³-hybridized carbons (Fsp3) is 0.462. The van der Waals surface area contributed by atoms with Crippen LogP contribution in [0.15, 0.2) is 22.6 Å². The van der Waals surface area contributed by atoms with Crippen LogP contribution in [-0.2, 0) is 11.3 Å². The van der Waals surface area contributed by atoms with Gasteiger partial charge in [0.2, 0.25) is 5.91 Å². The van der Waals surface area contributed by atoms with Crippen LogP contribution in [0, 0.1) is 0 Å². The largest absolute Gasteiger partial charge is 0.340 e. The van der Waals surface area contributed by atoms with E-state index in [2.05, 4.69) is 10.3 Å². The number of carbonyl (C=O) groups is 1. The first-order valence-corrected chi connectivity index (χ1v) is 7.55. The van der Waals surface area contributed by atoms with E-state index in [1.165, 1.54) is 22.2 Å². The highest BCUT2D eigenvalue weighted by Gasteiger charge is 2.16. The highest BCUT2D eigenvalue weighted by Crippen LogP contribution is 2.13. The zero-order chi connectivity index (χ0) is 13.9. The van der Waals surface area contributed by atoms with E-state index in [-0.39, 0.29) is 11.5 Å². The SMILES string of the molecule is O=C(CCn1cnc2ccsc2c1=O)N1CCNCC1.